The quantitative estimate of drug-likeness (QED) is 0.475. The Balaban J connectivity index is 2.94. The van der Waals surface area contributed by atoms with Gasteiger partial charge in [0.2, 0.25) is 0 Å². The Morgan fingerprint density at radius 2 is 1.86 bits per heavy atom. The molecule has 6 heteroatoms. The molecule has 6 nitrogen and oxygen atoms in total. The van der Waals surface area contributed by atoms with Crippen molar-refractivity contribution in [3.05, 3.63) is 33.9 Å². The van der Waals surface area contributed by atoms with Crippen LogP contribution in [0.1, 0.15) is 33.3 Å². The van der Waals surface area contributed by atoms with Crippen molar-refractivity contribution in [3.63, 3.8) is 0 Å². The first-order valence-electron chi connectivity index (χ1n) is 7.06. The Hall–Kier alpha value is -2.11. The van der Waals surface area contributed by atoms with E-state index in [1.165, 1.54) is 24.4 Å². The first kappa shape index (κ1) is 16.9. The third-order valence-electron chi connectivity index (χ3n) is 2.73. The van der Waals surface area contributed by atoms with Gasteiger partial charge in [0.15, 0.2) is 0 Å². The zero-order valence-corrected chi connectivity index (χ0v) is 13.0. The summed E-state index contributed by atoms with van der Waals surface area (Å²) in [5, 5.41) is 26.8. The molecular formula is C15H23N3O3. The van der Waals surface area contributed by atoms with Crippen LogP contribution in [0.3, 0.4) is 0 Å². The molecule has 0 radical (unpaired) electrons. The number of hydrogen-bond acceptors (Lipinski definition) is 5. The van der Waals surface area contributed by atoms with Crippen molar-refractivity contribution in [1.82, 2.24) is 5.01 Å². The zero-order chi connectivity index (χ0) is 16.0. The molecule has 1 aromatic carbocycles. The number of nitro groups is 1. The van der Waals surface area contributed by atoms with Crippen LogP contribution in [-0.2, 0) is 0 Å². The number of nitrogens with zero attached hydrogens (tertiary/aromatic N) is 3. The average molecular weight is 293 g/mol. The lowest BCUT2D eigenvalue weighted by Gasteiger charge is -2.23. The predicted molar refractivity (Wildman–Crippen MR) is 83.6 cm³/mol. The smallest absolute Gasteiger partial charge is 0.270 e. The summed E-state index contributed by atoms with van der Waals surface area (Å²) in [5.41, 5.74) is 0.287. The van der Waals surface area contributed by atoms with Gasteiger partial charge in [0.25, 0.3) is 5.69 Å². The molecule has 0 atom stereocenters. The highest BCUT2D eigenvalue weighted by atomic mass is 16.6. The molecule has 21 heavy (non-hydrogen) atoms. The molecule has 0 aliphatic heterocycles. The summed E-state index contributed by atoms with van der Waals surface area (Å²) in [6.07, 6.45) is 1.48. The third-order valence-corrected chi connectivity index (χ3v) is 2.73. The van der Waals surface area contributed by atoms with E-state index < -0.39 is 4.92 Å². The third kappa shape index (κ3) is 5.81. The monoisotopic (exact) mass is 293 g/mol. The van der Waals surface area contributed by atoms with Crippen LogP contribution in [-0.4, -0.2) is 34.3 Å². The fourth-order valence-corrected chi connectivity index (χ4v) is 1.91. The van der Waals surface area contributed by atoms with E-state index in [2.05, 4.69) is 32.8 Å². The SMILES string of the molecule is CC(C)CN(CC(C)C)/N=C\c1cc([N+](=O)[O-])ccc1O. The molecule has 0 fully saturated rings. The number of benzene rings is 1. The lowest BCUT2D eigenvalue weighted by atomic mass is 10.2. The predicted octanol–water partition coefficient (Wildman–Crippen LogP) is 3.25. The number of aromatic hydroxyl groups is 1. The van der Waals surface area contributed by atoms with Crippen LogP contribution < -0.4 is 0 Å². The van der Waals surface area contributed by atoms with E-state index in [0.29, 0.717) is 17.4 Å². The average Bonchev–Trinajstić information content (AvgIpc) is 2.35. The van der Waals surface area contributed by atoms with Gasteiger partial charge < -0.3 is 5.11 Å². The highest BCUT2D eigenvalue weighted by molar-refractivity contribution is 5.84. The molecule has 0 aliphatic rings. The molecule has 0 amide bonds. The summed E-state index contributed by atoms with van der Waals surface area (Å²) < 4.78 is 0. The van der Waals surface area contributed by atoms with E-state index in [1.54, 1.807) is 0 Å². The molecule has 0 saturated heterocycles. The summed E-state index contributed by atoms with van der Waals surface area (Å²) in [6.45, 7) is 10.0. The highest BCUT2D eigenvalue weighted by Crippen LogP contribution is 2.21. The van der Waals surface area contributed by atoms with Crippen LogP contribution in [0.2, 0.25) is 0 Å². The van der Waals surface area contributed by atoms with Gasteiger partial charge in [0.05, 0.1) is 11.1 Å². The van der Waals surface area contributed by atoms with E-state index in [-0.39, 0.29) is 11.4 Å². The van der Waals surface area contributed by atoms with Crippen LogP contribution in [0.4, 0.5) is 5.69 Å². The van der Waals surface area contributed by atoms with E-state index in [9.17, 15) is 15.2 Å². The van der Waals surface area contributed by atoms with Crippen LogP contribution in [0.5, 0.6) is 5.75 Å². The lowest BCUT2D eigenvalue weighted by Crippen LogP contribution is -2.26. The van der Waals surface area contributed by atoms with Crippen molar-refractivity contribution in [1.29, 1.82) is 0 Å². The second-order valence-corrected chi connectivity index (χ2v) is 5.90. The summed E-state index contributed by atoms with van der Waals surface area (Å²) in [6, 6.07) is 3.91. The van der Waals surface area contributed by atoms with Crippen molar-refractivity contribution in [3.8, 4) is 5.75 Å². The Morgan fingerprint density at radius 1 is 1.29 bits per heavy atom. The minimum Gasteiger partial charge on any atom is -0.507 e. The van der Waals surface area contributed by atoms with Gasteiger partial charge in [0, 0.05) is 30.8 Å². The summed E-state index contributed by atoms with van der Waals surface area (Å²) in [4.78, 5) is 10.3. The molecule has 0 bridgehead atoms. The Bertz CT molecular complexity index is 503. The molecule has 0 aliphatic carbocycles. The highest BCUT2D eigenvalue weighted by Gasteiger charge is 2.10. The molecule has 116 valence electrons. The van der Waals surface area contributed by atoms with Gasteiger partial charge in [-0.3, -0.25) is 15.1 Å². The molecular weight excluding hydrogens is 270 g/mol. The Kier molecular flexibility index (Phi) is 6.14. The number of rotatable bonds is 7. The number of hydrogen-bond donors (Lipinski definition) is 1. The summed E-state index contributed by atoms with van der Waals surface area (Å²) in [5.74, 6) is 0.901. The normalized spacial score (nSPS) is 11.5. The fourth-order valence-electron chi connectivity index (χ4n) is 1.91. The van der Waals surface area contributed by atoms with Gasteiger partial charge in [-0.2, -0.15) is 5.10 Å². The largest absolute Gasteiger partial charge is 0.507 e. The van der Waals surface area contributed by atoms with E-state index in [4.69, 9.17) is 0 Å². The van der Waals surface area contributed by atoms with Crippen LogP contribution in [0, 0.1) is 22.0 Å². The second-order valence-electron chi connectivity index (χ2n) is 5.90. The van der Waals surface area contributed by atoms with Gasteiger partial charge >= 0.3 is 0 Å². The molecule has 0 spiro atoms. The maximum absolute atomic E-state index is 10.8. The van der Waals surface area contributed by atoms with Crippen molar-refractivity contribution in [2.24, 2.45) is 16.9 Å². The lowest BCUT2D eigenvalue weighted by molar-refractivity contribution is -0.384. The van der Waals surface area contributed by atoms with Crippen LogP contribution >= 0.6 is 0 Å². The number of phenols is 1. The number of hydrazone groups is 1. The first-order chi connectivity index (χ1) is 9.79. The molecule has 1 N–H and O–H groups in total. The molecule has 0 heterocycles. The minimum atomic E-state index is -0.489. The van der Waals surface area contributed by atoms with Gasteiger partial charge in [-0.1, -0.05) is 27.7 Å². The van der Waals surface area contributed by atoms with Crippen molar-refractivity contribution in [2.75, 3.05) is 13.1 Å². The van der Waals surface area contributed by atoms with Crippen molar-refractivity contribution in [2.45, 2.75) is 27.7 Å². The maximum atomic E-state index is 10.8. The minimum absolute atomic E-state index is 0.0154. The van der Waals surface area contributed by atoms with Crippen molar-refractivity contribution >= 4 is 11.9 Å². The van der Waals surface area contributed by atoms with Crippen molar-refractivity contribution < 1.29 is 10.0 Å². The first-order valence-corrected chi connectivity index (χ1v) is 7.06. The standard InChI is InChI=1S/C15H23N3O3/c1-11(2)9-17(10-12(3)4)16-8-13-7-14(18(20)21)5-6-15(13)19/h5-8,11-12,19H,9-10H2,1-4H3/b16-8-. The zero-order valence-electron chi connectivity index (χ0n) is 13.0. The van der Waals surface area contributed by atoms with Gasteiger partial charge in [0.1, 0.15) is 5.75 Å². The molecule has 0 unspecified atom stereocenters. The number of non-ortho nitro benzene ring substituents is 1. The van der Waals surface area contributed by atoms with E-state index >= 15 is 0 Å². The molecule has 1 rings (SSSR count). The van der Waals surface area contributed by atoms with Gasteiger partial charge in [-0.25, -0.2) is 0 Å². The van der Waals surface area contributed by atoms with E-state index in [1.807, 2.05) is 5.01 Å². The molecule has 0 saturated carbocycles. The number of nitro benzene ring substituents is 1. The maximum Gasteiger partial charge on any atom is 0.270 e. The van der Waals surface area contributed by atoms with Gasteiger partial charge in [-0.15, -0.1) is 0 Å². The Labute approximate surface area is 125 Å². The Morgan fingerprint density at radius 3 is 2.33 bits per heavy atom. The summed E-state index contributed by atoms with van der Waals surface area (Å²) >= 11 is 0. The second kappa shape index (κ2) is 7.61. The summed E-state index contributed by atoms with van der Waals surface area (Å²) in [7, 11) is 0. The van der Waals surface area contributed by atoms with Crippen LogP contribution in [0.25, 0.3) is 0 Å². The van der Waals surface area contributed by atoms with E-state index in [0.717, 1.165) is 13.1 Å². The molecule has 0 aromatic heterocycles. The number of phenolic OH excluding ortho intramolecular Hbond substituents is 1. The topological polar surface area (TPSA) is 79.0 Å². The van der Waals surface area contributed by atoms with Gasteiger partial charge in [-0.05, 0) is 17.9 Å². The van der Waals surface area contributed by atoms with Crippen LogP contribution in [0.15, 0.2) is 23.3 Å². The molecule has 1 aromatic rings. The fraction of sp³-hybridized carbons (Fsp3) is 0.533.